The molecule has 1 aliphatic heterocycles. The first-order chi connectivity index (χ1) is 11.1. The van der Waals surface area contributed by atoms with Crippen molar-refractivity contribution >= 4 is 57.6 Å². The standard InChI is InChI=1S/C18H14ClNOS2/c1-2-12-6-8-15(9-7-12)20-17(21)16(23-18(20)22)11-13-4-3-5-14(19)10-13/h3-11H,2H2,1H3. The van der Waals surface area contributed by atoms with Crippen molar-refractivity contribution in [1.29, 1.82) is 0 Å². The highest BCUT2D eigenvalue weighted by atomic mass is 35.5. The number of anilines is 1. The molecule has 23 heavy (non-hydrogen) atoms. The summed E-state index contributed by atoms with van der Waals surface area (Å²) in [4.78, 5) is 14.9. The van der Waals surface area contributed by atoms with Gasteiger partial charge in [0.1, 0.15) is 0 Å². The number of thioether (sulfide) groups is 1. The van der Waals surface area contributed by atoms with E-state index in [1.54, 1.807) is 11.0 Å². The number of carbonyl (C=O) groups excluding carboxylic acids is 1. The summed E-state index contributed by atoms with van der Waals surface area (Å²) < 4.78 is 0.549. The third kappa shape index (κ3) is 3.50. The van der Waals surface area contributed by atoms with Gasteiger partial charge in [0, 0.05) is 5.02 Å². The van der Waals surface area contributed by atoms with Crippen LogP contribution in [0.1, 0.15) is 18.1 Å². The first-order valence-electron chi connectivity index (χ1n) is 7.21. The maximum atomic E-state index is 12.7. The molecule has 1 fully saturated rings. The van der Waals surface area contributed by atoms with Gasteiger partial charge < -0.3 is 0 Å². The number of hydrogen-bond donors (Lipinski definition) is 0. The van der Waals surface area contributed by atoms with E-state index < -0.39 is 0 Å². The van der Waals surface area contributed by atoms with Gasteiger partial charge in [-0.3, -0.25) is 9.69 Å². The third-order valence-electron chi connectivity index (χ3n) is 3.54. The van der Waals surface area contributed by atoms with Gasteiger partial charge in [0.15, 0.2) is 4.32 Å². The van der Waals surface area contributed by atoms with Crippen LogP contribution >= 0.6 is 35.6 Å². The monoisotopic (exact) mass is 359 g/mol. The molecule has 2 nitrogen and oxygen atoms in total. The van der Waals surface area contributed by atoms with Gasteiger partial charge in [-0.2, -0.15) is 0 Å². The number of nitrogens with zero attached hydrogens (tertiary/aromatic N) is 1. The maximum absolute atomic E-state index is 12.7. The quantitative estimate of drug-likeness (QED) is 0.547. The fraction of sp³-hybridized carbons (Fsp3) is 0.111. The van der Waals surface area contributed by atoms with E-state index in [9.17, 15) is 4.79 Å². The van der Waals surface area contributed by atoms with Crippen LogP contribution in [0.3, 0.4) is 0 Å². The van der Waals surface area contributed by atoms with E-state index in [0.29, 0.717) is 14.2 Å². The molecule has 1 aliphatic rings. The van der Waals surface area contributed by atoms with Crippen LogP contribution in [-0.2, 0) is 11.2 Å². The molecule has 0 aliphatic carbocycles. The molecule has 0 atom stereocenters. The van der Waals surface area contributed by atoms with E-state index in [1.165, 1.54) is 17.3 Å². The molecule has 0 saturated carbocycles. The van der Waals surface area contributed by atoms with Crippen molar-refractivity contribution in [2.75, 3.05) is 4.90 Å². The molecule has 1 saturated heterocycles. The zero-order chi connectivity index (χ0) is 16.4. The van der Waals surface area contributed by atoms with Crippen LogP contribution in [0.25, 0.3) is 6.08 Å². The van der Waals surface area contributed by atoms with Gasteiger partial charge in [-0.05, 0) is 47.9 Å². The molecule has 1 amide bonds. The van der Waals surface area contributed by atoms with Crippen molar-refractivity contribution in [3.8, 4) is 0 Å². The van der Waals surface area contributed by atoms with Gasteiger partial charge in [0.05, 0.1) is 10.6 Å². The molecule has 0 unspecified atom stereocenters. The molecule has 5 heteroatoms. The van der Waals surface area contributed by atoms with Gasteiger partial charge >= 0.3 is 0 Å². The Labute approximate surface area is 150 Å². The Morgan fingerprint density at radius 3 is 2.61 bits per heavy atom. The highest BCUT2D eigenvalue weighted by molar-refractivity contribution is 8.27. The summed E-state index contributed by atoms with van der Waals surface area (Å²) in [5.74, 6) is -0.0933. The highest BCUT2D eigenvalue weighted by Gasteiger charge is 2.33. The zero-order valence-electron chi connectivity index (χ0n) is 12.5. The molecule has 116 valence electrons. The Balaban J connectivity index is 1.90. The van der Waals surface area contributed by atoms with Crippen LogP contribution in [-0.4, -0.2) is 10.2 Å². The second kappa shape index (κ2) is 6.87. The van der Waals surface area contributed by atoms with Crippen LogP contribution in [0.15, 0.2) is 53.4 Å². The van der Waals surface area contributed by atoms with Crippen LogP contribution < -0.4 is 4.90 Å². The second-order valence-electron chi connectivity index (χ2n) is 5.09. The lowest BCUT2D eigenvalue weighted by molar-refractivity contribution is -0.113. The van der Waals surface area contributed by atoms with E-state index >= 15 is 0 Å². The molecular weight excluding hydrogens is 346 g/mol. The van der Waals surface area contributed by atoms with Gasteiger partial charge in [-0.15, -0.1) is 0 Å². The summed E-state index contributed by atoms with van der Waals surface area (Å²) in [5, 5.41) is 0.643. The van der Waals surface area contributed by atoms with Gasteiger partial charge in [-0.1, -0.05) is 66.8 Å². The fourth-order valence-corrected chi connectivity index (χ4v) is 3.82. The number of carbonyl (C=O) groups is 1. The summed E-state index contributed by atoms with van der Waals surface area (Å²) in [6, 6.07) is 15.3. The molecule has 0 radical (unpaired) electrons. The largest absolute Gasteiger partial charge is 0.270 e. The molecule has 1 heterocycles. The molecule has 0 N–H and O–H groups in total. The maximum Gasteiger partial charge on any atom is 0.270 e. The van der Waals surface area contributed by atoms with Crippen molar-refractivity contribution in [3.63, 3.8) is 0 Å². The smallest absolute Gasteiger partial charge is 0.268 e. The number of benzene rings is 2. The van der Waals surface area contributed by atoms with E-state index in [0.717, 1.165) is 17.7 Å². The van der Waals surface area contributed by atoms with Gasteiger partial charge in [0.2, 0.25) is 0 Å². The van der Waals surface area contributed by atoms with Crippen LogP contribution in [0.2, 0.25) is 5.02 Å². The summed E-state index contributed by atoms with van der Waals surface area (Å²) >= 11 is 12.7. The summed E-state index contributed by atoms with van der Waals surface area (Å²) in [5.41, 5.74) is 2.92. The number of rotatable bonds is 3. The summed E-state index contributed by atoms with van der Waals surface area (Å²) in [6.07, 6.45) is 2.79. The molecule has 3 rings (SSSR count). The number of hydrogen-bond acceptors (Lipinski definition) is 3. The van der Waals surface area contributed by atoms with Gasteiger partial charge in [0.25, 0.3) is 5.91 Å². The number of amides is 1. The normalized spacial score (nSPS) is 16.4. The van der Waals surface area contributed by atoms with E-state index in [4.69, 9.17) is 23.8 Å². The minimum atomic E-state index is -0.0933. The Morgan fingerprint density at radius 1 is 1.22 bits per heavy atom. The summed E-state index contributed by atoms with van der Waals surface area (Å²) in [7, 11) is 0. The van der Waals surface area contributed by atoms with E-state index in [2.05, 4.69) is 6.92 Å². The minimum absolute atomic E-state index is 0.0933. The number of thiocarbonyl (C=S) groups is 1. The van der Waals surface area contributed by atoms with Crippen molar-refractivity contribution in [2.24, 2.45) is 0 Å². The van der Waals surface area contributed by atoms with Crippen molar-refractivity contribution < 1.29 is 4.79 Å². The van der Waals surface area contributed by atoms with Crippen molar-refractivity contribution in [2.45, 2.75) is 13.3 Å². The molecule has 0 bridgehead atoms. The number of aryl methyl sites for hydroxylation is 1. The predicted molar refractivity (Wildman–Crippen MR) is 103 cm³/mol. The first-order valence-corrected chi connectivity index (χ1v) is 8.81. The predicted octanol–water partition coefficient (Wildman–Crippen LogP) is 5.31. The average molecular weight is 360 g/mol. The summed E-state index contributed by atoms with van der Waals surface area (Å²) in [6.45, 7) is 2.10. The highest BCUT2D eigenvalue weighted by Crippen LogP contribution is 2.36. The van der Waals surface area contributed by atoms with Crippen molar-refractivity contribution in [3.05, 3.63) is 69.6 Å². The molecular formula is C18H14ClNOS2. The Kier molecular flexibility index (Phi) is 4.85. The van der Waals surface area contributed by atoms with E-state index in [1.807, 2.05) is 48.5 Å². The third-order valence-corrected chi connectivity index (χ3v) is 5.08. The topological polar surface area (TPSA) is 20.3 Å². The zero-order valence-corrected chi connectivity index (χ0v) is 14.8. The van der Waals surface area contributed by atoms with Crippen LogP contribution in [0.4, 0.5) is 5.69 Å². The fourth-order valence-electron chi connectivity index (χ4n) is 2.32. The Morgan fingerprint density at radius 2 is 1.96 bits per heavy atom. The lowest BCUT2D eigenvalue weighted by Crippen LogP contribution is -2.27. The molecule has 2 aromatic rings. The molecule has 0 spiro atoms. The molecule has 0 aromatic heterocycles. The second-order valence-corrected chi connectivity index (χ2v) is 7.20. The van der Waals surface area contributed by atoms with Crippen molar-refractivity contribution in [1.82, 2.24) is 0 Å². The molecule has 2 aromatic carbocycles. The average Bonchev–Trinajstić information content (AvgIpc) is 2.81. The van der Waals surface area contributed by atoms with E-state index in [-0.39, 0.29) is 5.91 Å². The lowest BCUT2D eigenvalue weighted by Gasteiger charge is -2.14. The number of halogens is 1. The lowest BCUT2D eigenvalue weighted by atomic mass is 10.1. The SMILES string of the molecule is CCc1ccc(N2C(=O)C(=Cc3cccc(Cl)c3)SC2=S)cc1. The Bertz CT molecular complexity index is 799. The first kappa shape index (κ1) is 16.2. The van der Waals surface area contributed by atoms with Gasteiger partial charge in [-0.25, -0.2) is 0 Å². The Hall–Kier alpha value is -1.62. The van der Waals surface area contributed by atoms with Crippen LogP contribution in [0.5, 0.6) is 0 Å². The minimum Gasteiger partial charge on any atom is -0.268 e. The van der Waals surface area contributed by atoms with Crippen LogP contribution in [0, 0.1) is 0 Å².